The summed E-state index contributed by atoms with van der Waals surface area (Å²) in [6.45, 7) is 3.31. The standard InChI is InChI=1S/C19H23N3O3/c1-2-25-19(24)17-9-3-4-12-22(17)18(23)16-8-5-7-15(13-16)14-21-11-6-10-20-21/h5-8,10-11,13,17H,2-4,9,12,14H2,1H3. The summed E-state index contributed by atoms with van der Waals surface area (Å²) in [6, 6.07) is 8.91. The van der Waals surface area contributed by atoms with Crippen LogP contribution in [0.2, 0.25) is 0 Å². The smallest absolute Gasteiger partial charge is 0.328 e. The molecule has 0 spiro atoms. The fourth-order valence-electron chi connectivity index (χ4n) is 3.21. The first-order valence-corrected chi connectivity index (χ1v) is 8.73. The van der Waals surface area contributed by atoms with Crippen molar-refractivity contribution in [2.75, 3.05) is 13.2 Å². The summed E-state index contributed by atoms with van der Waals surface area (Å²) in [6.07, 6.45) is 6.13. The number of likely N-dealkylation sites (tertiary alicyclic amines) is 1. The molecule has 1 atom stereocenters. The zero-order chi connectivity index (χ0) is 17.6. The molecule has 1 unspecified atom stereocenters. The third kappa shape index (κ3) is 4.07. The molecule has 1 aromatic carbocycles. The largest absolute Gasteiger partial charge is 0.464 e. The number of benzene rings is 1. The van der Waals surface area contributed by atoms with Crippen molar-refractivity contribution in [3.8, 4) is 0 Å². The first-order chi connectivity index (χ1) is 12.2. The van der Waals surface area contributed by atoms with E-state index >= 15 is 0 Å². The van der Waals surface area contributed by atoms with Gasteiger partial charge < -0.3 is 9.64 Å². The van der Waals surface area contributed by atoms with Gasteiger partial charge in [0.1, 0.15) is 6.04 Å². The lowest BCUT2D eigenvalue weighted by atomic mass is 10.00. The number of carbonyl (C=O) groups excluding carboxylic acids is 2. The molecule has 0 N–H and O–H groups in total. The van der Waals surface area contributed by atoms with E-state index < -0.39 is 6.04 Å². The maximum absolute atomic E-state index is 13.0. The number of amides is 1. The van der Waals surface area contributed by atoms with Gasteiger partial charge in [-0.3, -0.25) is 9.48 Å². The van der Waals surface area contributed by atoms with Crippen molar-refractivity contribution < 1.29 is 14.3 Å². The topological polar surface area (TPSA) is 64.4 Å². The highest BCUT2D eigenvalue weighted by Crippen LogP contribution is 2.21. The molecule has 1 fully saturated rings. The van der Waals surface area contributed by atoms with Crippen LogP contribution in [0.4, 0.5) is 0 Å². The van der Waals surface area contributed by atoms with E-state index in [2.05, 4.69) is 5.10 Å². The summed E-state index contributed by atoms with van der Waals surface area (Å²) in [5.74, 6) is -0.414. The fraction of sp³-hybridized carbons (Fsp3) is 0.421. The van der Waals surface area contributed by atoms with Crippen LogP contribution in [0, 0.1) is 0 Å². The highest BCUT2D eigenvalue weighted by Gasteiger charge is 2.33. The number of ether oxygens (including phenoxy) is 1. The highest BCUT2D eigenvalue weighted by molar-refractivity contribution is 5.97. The number of carbonyl (C=O) groups is 2. The lowest BCUT2D eigenvalue weighted by molar-refractivity contribution is -0.149. The van der Waals surface area contributed by atoms with Crippen LogP contribution in [0.3, 0.4) is 0 Å². The molecule has 2 heterocycles. The van der Waals surface area contributed by atoms with Gasteiger partial charge in [-0.25, -0.2) is 4.79 Å². The Labute approximate surface area is 147 Å². The minimum absolute atomic E-state index is 0.111. The van der Waals surface area contributed by atoms with E-state index in [-0.39, 0.29) is 11.9 Å². The molecule has 6 nitrogen and oxygen atoms in total. The first-order valence-electron chi connectivity index (χ1n) is 8.73. The summed E-state index contributed by atoms with van der Waals surface area (Å²) in [7, 11) is 0. The minimum Gasteiger partial charge on any atom is -0.464 e. The van der Waals surface area contributed by atoms with Crippen molar-refractivity contribution in [1.29, 1.82) is 0 Å². The maximum Gasteiger partial charge on any atom is 0.328 e. The van der Waals surface area contributed by atoms with Crippen molar-refractivity contribution in [2.45, 2.75) is 38.8 Å². The summed E-state index contributed by atoms with van der Waals surface area (Å²) >= 11 is 0. The molecule has 0 bridgehead atoms. The monoisotopic (exact) mass is 341 g/mol. The zero-order valence-electron chi connectivity index (χ0n) is 14.4. The van der Waals surface area contributed by atoms with E-state index in [1.54, 1.807) is 24.1 Å². The van der Waals surface area contributed by atoms with E-state index in [0.717, 1.165) is 18.4 Å². The van der Waals surface area contributed by atoms with Crippen LogP contribution in [-0.2, 0) is 16.1 Å². The van der Waals surface area contributed by atoms with Gasteiger partial charge in [-0.05, 0) is 49.9 Å². The second-order valence-electron chi connectivity index (χ2n) is 6.17. The normalized spacial score (nSPS) is 17.3. The van der Waals surface area contributed by atoms with Gasteiger partial charge in [0.25, 0.3) is 5.91 Å². The molecule has 0 saturated carbocycles. The lowest BCUT2D eigenvalue weighted by Gasteiger charge is -2.34. The number of piperidine rings is 1. The van der Waals surface area contributed by atoms with Crippen LogP contribution in [0.25, 0.3) is 0 Å². The minimum atomic E-state index is -0.476. The van der Waals surface area contributed by atoms with Crippen molar-refractivity contribution >= 4 is 11.9 Å². The van der Waals surface area contributed by atoms with Crippen molar-refractivity contribution in [2.24, 2.45) is 0 Å². The van der Waals surface area contributed by atoms with E-state index in [4.69, 9.17) is 4.74 Å². The van der Waals surface area contributed by atoms with E-state index in [9.17, 15) is 9.59 Å². The molecule has 25 heavy (non-hydrogen) atoms. The average Bonchev–Trinajstić information content (AvgIpc) is 3.14. The van der Waals surface area contributed by atoms with Crippen LogP contribution >= 0.6 is 0 Å². The quantitative estimate of drug-likeness (QED) is 0.784. The Morgan fingerprint density at radius 3 is 2.92 bits per heavy atom. The lowest BCUT2D eigenvalue weighted by Crippen LogP contribution is -2.48. The highest BCUT2D eigenvalue weighted by atomic mass is 16.5. The molecule has 2 aromatic rings. The van der Waals surface area contributed by atoms with Gasteiger partial charge >= 0.3 is 5.97 Å². The molecule has 0 radical (unpaired) electrons. The second kappa shape index (κ2) is 7.96. The number of rotatable bonds is 5. The van der Waals surface area contributed by atoms with Crippen LogP contribution < -0.4 is 0 Å². The molecule has 3 rings (SSSR count). The fourth-order valence-corrected chi connectivity index (χ4v) is 3.21. The van der Waals surface area contributed by atoms with Crippen molar-refractivity contribution in [1.82, 2.24) is 14.7 Å². The van der Waals surface area contributed by atoms with Crippen LogP contribution in [0.1, 0.15) is 42.1 Å². The van der Waals surface area contributed by atoms with Crippen LogP contribution in [0.5, 0.6) is 0 Å². The Kier molecular flexibility index (Phi) is 5.48. The Bertz CT molecular complexity index is 727. The molecule has 6 heteroatoms. The summed E-state index contributed by atoms with van der Waals surface area (Å²) in [4.78, 5) is 26.8. The number of hydrogen-bond acceptors (Lipinski definition) is 4. The van der Waals surface area contributed by atoms with Crippen molar-refractivity contribution in [3.05, 3.63) is 53.9 Å². The first kappa shape index (κ1) is 17.2. The molecular formula is C19H23N3O3. The molecule has 0 aliphatic carbocycles. The Morgan fingerprint density at radius 1 is 1.28 bits per heavy atom. The van der Waals surface area contributed by atoms with Crippen LogP contribution in [0.15, 0.2) is 42.7 Å². The summed E-state index contributed by atoms with van der Waals surface area (Å²) in [5.41, 5.74) is 1.60. The van der Waals surface area contributed by atoms with Gasteiger partial charge in [0, 0.05) is 24.5 Å². The molecule has 1 aromatic heterocycles. The molecule has 1 aliphatic rings. The Morgan fingerprint density at radius 2 is 2.16 bits per heavy atom. The summed E-state index contributed by atoms with van der Waals surface area (Å²) in [5, 5.41) is 4.19. The van der Waals surface area contributed by atoms with Gasteiger partial charge in [0.2, 0.25) is 0 Å². The van der Waals surface area contributed by atoms with Gasteiger partial charge in [-0.15, -0.1) is 0 Å². The predicted octanol–water partition coefficient (Wildman–Crippen LogP) is 2.49. The van der Waals surface area contributed by atoms with E-state index in [1.807, 2.05) is 35.1 Å². The van der Waals surface area contributed by atoms with E-state index in [0.29, 0.717) is 31.7 Å². The van der Waals surface area contributed by atoms with E-state index in [1.165, 1.54) is 0 Å². The van der Waals surface area contributed by atoms with Gasteiger partial charge in [-0.1, -0.05) is 12.1 Å². The van der Waals surface area contributed by atoms with Crippen LogP contribution in [-0.4, -0.2) is 45.8 Å². The third-order valence-corrected chi connectivity index (χ3v) is 4.40. The maximum atomic E-state index is 13.0. The Hall–Kier alpha value is -2.63. The molecule has 1 saturated heterocycles. The number of hydrogen-bond donors (Lipinski definition) is 0. The third-order valence-electron chi connectivity index (χ3n) is 4.40. The van der Waals surface area contributed by atoms with Gasteiger partial charge in [0.05, 0.1) is 13.2 Å². The molecule has 132 valence electrons. The summed E-state index contributed by atoms with van der Waals surface area (Å²) < 4.78 is 6.96. The predicted molar refractivity (Wildman–Crippen MR) is 93.1 cm³/mol. The SMILES string of the molecule is CCOC(=O)C1CCCCN1C(=O)c1cccc(Cn2cccn2)c1. The van der Waals surface area contributed by atoms with Crippen molar-refractivity contribution in [3.63, 3.8) is 0 Å². The molecular weight excluding hydrogens is 318 g/mol. The number of esters is 1. The second-order valence-corrected chi connectivity index (χ2v) is 6.17. The number of aromatic nitrogens is 2. The van der Waals surface area contributed by atoms with Gasteiger partial charge in [0.15, 0.2) is 0 Å². The van der Waals surface area contributed by atoms with Gasteiger partial charge in [-0.2, -0.15) is 5.10 Å². The number of nitrogens with zero attached hydrogens (tertiary/aromatic N) is 3. The zero-order valence-corrected chi connectivity index (χ0v) is 14.4. The Balaban J connectivity index is 1.77. The molecule has 1 aliphatic heterocycles. The molecule has 1 amide bonds. The average molecular weight is 341 g/mol.